The number of likely N-dealkylation sites (N-methyl/N-ethyl adjacent to an activating group) is 1. The van der Waals surface area contributed by atoms with Crippen LogP contribution in [-0.2, 0) is 9.84 Å². The van der Waals surface area contributed by atoms with E-state index < -0.39 is 15.9 Å². The Morgan fingerprint density at radius 3 is 2.09 bits per heavy atom. The van der Waals surface area contributed by atoms with E-state index in [0.29, 0.717) is 0 Å². The Balaban J connectivity index is 2.75. The first-order valence-electron chi connectivity index (χ1n) is 3.61. The van der Waals surface area contributed by atoms with Crippen LogP contribution in [0.15, 0.2) is 0 Å². The maximum Gasteiger partial charge on any atom is 0.159 e. The third kappa shape index (κ3) is 1.91. The van der Waals surface area contributed by atoms with Crippen molar-refractivity contribution in [2.45, 2.75) is 12.1 Å². The molecule has 0 aromatic heterocycles. The van der Waals surface area contributed by atoms with Gasteiger partial charge in [-0.15, -0.1) is 0 Å². The van der Waals surface area contributed by atoms with E-state index in [1.54, 1.807) is 0 Å². The van der Waals surface area contributed by atoms with Crippen molar-refractivity contribution in [3.63, 3.8) is 0 Å². The molecule has 4 nitrogen and oxygen atoms in total. The molecular formula is C6H14NO3S+. The maximum absolute atomic E-state index is 11.0. The minimum absolute atomic E-state index is 0.0666. The van der Waals surface area contributed by atoms with Gasteiger partial charge in [0.25, 0.3) is 0 Å². The predicted octanol–water partition coefficient (Wildman–Crippen LogP) is -2.71. The highest BCUT2D eigenvalue weighted by molar-refractivity contribution is 7.91. The van der Waals surface area contributed by atoms with E-state index in [2.05, 4.69) is 0 Å². The third-order valence-electron chi connectivity index (χ3n) is 2.06. The molecule has 5 heteroatoms. The molecule has 0 amide bonds. The Kier molecular flexibility index (Phi) is 2.22. The molecule has 1 saturated heterocycles. The average molecular weight is 180 g/mol. The van der Waals surface area contributed by atoms with Crippen molar-refractivity contribution < 1.29 is 18.4 Å². The van der Waals surface area contributed by atoms with Crippen LogP contribution < -0.4 is 4.90 Å². The van der Waals surface area contributed by atoms with Crippen LogP contribution in [-0.4, -0.2) is 51.3 Å². The van der Waals surface area contributed by atoms with E-state index in [9.17, 15) is 13.5 Å². The Labute approximate surface area is 66.7 Å². The monoisotopic (exact) mass is 180 g/mol. The number of sulfone groups is 1. The van der Waals surface area contributed by atoms with Gasteiger partial charge in [0.1, 0.15) is 17.9 Å². The number of hydrogen-bond donors (Lipinski definition) is 2. The molecule has 66 valence electrons. The molecule has 0 aromatic carbocycles. The van der Waals surface area contributed by atoms with Crippen LogP contribution >= 0.6 is 0 Å². The third-order valence-corrected chi connectivity index (χ3v) is 3.78. The largest absolute Gasteiger partial charge is 0.386 e. The number of hydrogen-bond acceptors (Lipinski definition) is 3. The minimum atomic E-state index is -2.96. The summed E-state index contributed by atoms with van der Waals surface area (Å²) >= 11 is 0. The lowest BCUT2D eigenvalue weighted by molar-refractivity contribution is -0.885. The van der Waals surface area contributed by atoms with Gasteiger partial charge in [0.15, 0.2) is 9.84 Å². The van der Waals surface area contributed by atoms with Gasteiger partial charge < -0.3 is 10.0 Å². The van der Waals surface area contributed by atoms with Crippen molar-refractivity contribution in [1.82, 2.24) is 0 Å². The van der Waals surface area contributed by atoms with Gasteiger partial charge in [0.05, 0.1) is 19.8 Å². The lowest BCUT2D eigenvalue weighted by Crippen LogP contribution is -3.11. The van der Waals surface area contributed by atoms with Crippen LogP contribution in [0.1, 0.15) is 0 Å². The second-order valence-electron chi connectivity index (χ2n) is 3.33. The van der Waals surface area contributed by atoms with Crippen molar-refractivity contribution in [1.29, 1.82) is 0 Å². The normalized spacial score (nSPS) is 36.4. The Morgan fingerprint density at radius 2 is 1.91 bits per heavy atom. The molecule has 0 aliphatic carbocycles. The number of aliphatic hydroxyl groups excluding tert-OH is 1. The summed E-state index contributed by atoms with van der Waals surface area (Å²) in [6, 6.07) is -0.139. The smallest absolute Gasteiger partial charge is 0.159 e. The summed E-state index contributed by atoms with van der Waals surface area (Å²) in [5.41, 5.74) is 0. The summed E-state index contributed by atoms with van der Waals surface area (Å²) in [5, 5.41) is 9.29. The summed E-state index contributed by atoms with van der Waals surface area (Å²) in [4.78, 5) is 0.999. The van der Waals surface area contributed by atoms with Crippen LogP contribution in [0.3, 0.4) is 0 Å². The second-order valence-corrected chi connectivity index (χ2v) is 5.48. The first-order valence-corrected chi connectivity index (χ1v) is 5.43. The zero-order chi connectivity index (χ0) is 8.65. The van der Waals surface area contributed by atoms with Crippen molar-refractivity contribution in [3.05, 3.63) is 0 Å². The summed E-state index contributed by atoms with van der Waals surface area (Å²) in [6.45, 7) is 0. The first kappa shape index (κ1) is 8.96. The Morgan fingerprint density at radius 1 is 1.36 bits per heavy atom. The van der Waals surface area contributed by atoms with E-state index in [4.69, 9.17) is 0 Å². The molecule has 0 spiro atoms. The van der Waals surface area contributed by atoms with Crippen LogP contribution in [0.4, 0.5) is 0 Å². The Hall–Kier alpha value is -0.130. The predicted molar refractivity (Wildman–Crippen MR) is 41.3 cm³/mol. The lowest BCUT2D eigenvalue weighted by Gasteiger charge is -2.17. The molecule has 1 rings (SSSR count). The molecular weight excluding hydrogens is 166 g/mol. The van der Waals surface area contributed by atoms with Crippen molar-refractivity contribution in [2.24, 2.45) is 0 Å². The maximum atomic E-state index is 11.0. The second kappa shape index (κ2) is 2.73. The number of quaternary nitrogens is 1. The highest BCUT2D eigenvalue weighted by atomic mass is 32.2. The van der Waals surface area contributed by atoms with Gasteiger partial charge in [-0.2, -0.15) is 0 Å². The Bertz CT molecular complexity index is 234. The lowest BCUT2D eigenvalue weighted by atomic mass is 10.2. The number of aliphatic hydroxyl groups is 1. The molecule has 0 unspecified atom stereocenters. The summed E-state index contributed by atoms with van der Waals surface area (Å²) in [6.07, 6.45) is -0.676. The summed E-state index contributed by atoms with van der Waals surface area (Å²) < 4.78 is 22.0. The zero-order valence-corrected chi connectivity index (χ0v) is 7.56. The SMILES string of the molecule is C[NH+](C)[C@@H]1CS(=O)(=O)C[C@@H]1O. The molecule has 1 heterocycles. The van der Waals surface area contributed by atoms with E-state index >= 15 is 0 Å². The topological polar surface area (TPSA) is 58.8 Å². The van der Waals surface area contributed by atoms with E-state index in [1.807, 2.05) is 14.1 Å². The highest BCUT2D eigenvalue weighted by Crippen LogP contribution is 2.09. The van der Waals surface area contributed by atoms with Gasteiger partial charge in [-0.05, 0) is 0 Å². The molecule has 0 radical (unpaired) electrons. The molecule has 0 aromatic rings. The van der Waals surface area contributed by atoms with Crippen molar-refractivity contribution >= 4 is 9.84 Å². The molecule has 0 bridgehead atoms. The number of rotatable bonds is 1. The fraction of sp³-hybridized carbons (Fsp3) is 1.00. The average Bonchev–Trinajstić information content (AvgIpc) is 2.05. The minimum Gasteiger partial charge on any atom is -0.386 e. The van der Waals surface area contributed by atoms with Gasteiger partial charge >= 0.3 is 0 Å². The van der Waals surface area contributed by atoms with Crippen LogP contribution in [0.25, 0.3) is 0 Å². The molecule has 1 fully saturated rings. The van der Waals surface area contributed by atoms with Crippen LogP contribution in [0.2, 0.25) is 0 Å². The molecule has 0 saturated carbocycles. The molecule has 2 atom stereocenters. The van der Waals surface area contributed by atoms with Crippen LogP contribution in [0, 0.1) is 0 Å². The van der Waals surface area contributed by atoms with Gasteiger partial charge in [0, 0.05) is 0 Å². The fourth-order valence-electron chi connectivity index (χ4n) is 1.38. The van der Waals surface area contributed by atoms with Gasteiger partial charge in [-0.3, -0.25) is 0 Å². The quantitative estimate of drug-likeness (QED) is 0.461. The van der Waals surface area contributed by atoms with Crippen molar-refractivity contribution in [3.8, 4) is 0 Å². The molecule has 1 aliphatic heterocycles. The highest BCUT2D eigenvalue weighted by Gasteiger charge is 2.40. The fourth-order valence-corrected chi connectivity index (χ4v) is 3.37. The number of nitrogens with one attached hydrogen (secondary N) is 1. The van der Waals surface area contributed by atoms with E-state index in [-0.39, 0.29) is 17.5 Å². The van der Waals surface area contributed by atoms with Crippen LogP contribution in [0.5, 0.6) is 0 Å². The standard InChI is InChI=1S/C6H13NO3S/c1-7(2)5-3-11(9,10)4-6(5)8/h5-6,8H,3-4H2,1-2H3/p+1/t5-,6+/m1/s1. The van der Waals surface area contributed by atoms with Crippen molar-refractivity contribution in [2.75, 3.05) is 25.6 Å². The van der Waals surface area contributed by atoms with Gasteiger partial charge in [-0.25, -0.2) is 8.42 Å². The molecule has 1 aliphatic rings. The summed E-state index contributed by atoms with van der Waals surface area (Å²) in [7, 11) is 0.751. The first-order chi connectivity index (χ1) is 4.92. The zero-order valence-electron chi connectivity index (χ0n) is 6.74. The van der Waals surface area contributed by atoms with E-state index in [0.717, 1.165) is 4.90 Å². The molecule has 11 heavy (non-hydrogen) atoms. The molecule has 2 N–H and O–H groups in total. The summed E-state index contributed by atoms with van der Waals surface area (Å²) in [5.74, 6) is 0.0549. The van der Waals surface area contributed by atoms with Gasteiger partial charge in [0.2, 0.25) is 0 Å². The van der Waals surface area contributed by atoms with Gasteiger partial charge in [-0.1, -0.05) is 0 Å². The van der Waals surface area contributed by atoms with E-state index in [1.165, 1.54) is 0 Å².